The van der Waals surface area contributed by atoms with Gasteiger partial charge in [0.05, 0.1) is 37.6 Å². The fourth-order valence-corrected chi connectivity index (χ4v) is 5.20. The Kier molecular flexibility index (Phi) is 8.67. The van der Waals surface area contributed by atoms with Crippen LogP contribution in [-0.2, 0) is 18.9 Å². The molecule has 10 heteroatoms. The predicted octanol–water partition coefficient (Wildman–Crippen LogP) is 5.76. The number of benzene rings is 4. The Hall–Kier alpha value is -4.74. The van der Waals surface area contributed by atoms with E-state index in [0.717, 1.165) is 35.5 Å². The van der Waals surface area contributed by atoms with Gasteiger partial charge in [-0.05, 0) is 95.1 Å². The minimum Gasteiger partial charge on any atom is -0.468 e. The van der Waals surface area contributed by atoms with Gasteiger partial charge in [0.2, 0.25) is 0 Å². The van der Waals surface area contributed by atoms with Crippen LogP contribution < -0.4 is 18.9 Å². The lowest BCUT2D eigenvalue weighted by atomic mass is 9.99. The summed E-state index contributed by atoms with van der Waals surface area (Å²) in [5, 5.41) is 0. The standard InChI is InChI=1S/C36H32O10/c1-22-33-14-27(45-35(37)23-2-6-25(7-3-23)43-20-39-16-29-18-41-29)10-12-31(33)32-13-11-28(15-34(22)32)46-36(38)24-4-8-26(9-5-24)44-21-40-17-30-19-42-30/h2-15,22,29-30H,16-21H2,1H3. The quantitative estimate of drug-likeness (QED) is 0.0564. The molecule has 2 fully saturated rings. The Balaban J connectivity index is 0.937. The van der Waals surface area contributed by atoms with Crippen molar-refractivity contribution in [1.82, 2.24) is 0 Å². The van der Waals surface area contributed by atoms with Crippen molar-refractivity contribution in [2.24, 2.45) is 0 Å². The van der Waals surface area contributed by atoms with Crippen molar-refractivity contribution in [3.05, 3.63) is 107 Å². The number of carbonyl (C=O) groups is 2. The van der Waals surface area contributed by atoms with Crippen molar-refractivity contribution in [2.45, 2.75) is 25.0 Å². The van der Waals surface area contributed by atoms with Gasteiger partial charge in [0.1, 0.15) is 35.2 Å². The summed E-state index contributed by atoms with van der Waals surface area (Å²) < 4.78 is 43.4. The van der Waals surface area contributed by atoms with Crippen molar-refractivity contribution in [2.75, 3.05) is 40.0 Å². The van der Waals surface area contributed by atoms with E-state index in [-0.39, 0.29) is 31.7 Å². The Morgan fingerprint density at radius 1 is 0.609 bits per heavy atom. The zero-order chi connectivity index (χ0) is 31.5. The van der Waals surface area contributed by atoms with E-state index in [1.165, 1.54) is 0 Å². The molecule has 0 N–H and O–H groups in total. The summed E-state index contributed by atoms with van der Waals surface area (Å²) in [5.74, 6) is 1.13. The van der Waals surface area contributed by atoms with E-state index < -0.39 is 11.9 Å². The molecule has 2 aliphatic heterocycles. The Bertz CT molecular complexity index is 1580. The van der Waals surface area contributed by atoms with Gasteiger partial charge in [-0.25, -0.2) is 9.59 Å². The van der Waals surface area contributed by atoms with Crippen LogP contribution in [0.25, 0.3) is 11.1 Å². The fourth-order valence-electron chi connectivity index (χ4n) is 5.20. The van der Waals surface area contributed by atoms with E-state index in [9.17, 15) is 9.59 Å². The number of rotatable bonds is 14. The minimum absolute atomic E-state index is 0.00226. The molecular weight excluding hydrogens is 592 g/mol. The van der Waals surface area contributed by atoms with Gasteiger partial charge >= 0.3 is 11.9 Å². The molecular formula is C36H32O10. The van der Waals surface area contributed by atoms with Crippen LogP contribution in [0.1, 0.15) is 44.7 Å². The van der Waals surface area contributed by atoms with Crippen molar-refractivity contribution < 1.29 is 47.5 Å². The van der Waals surface area contributed by atoms with Gasteiger partial charge in [0.25, 0.3) is 0 Å². The maximum Gasteiger partial charge on any atom is 0.343 e. The predicted molar refractivity (Wildman–Crippen MR) is 165 cm³/mol. The van der Waals surface area contributed by atoms with Crippen LogP contribution in [0.2, 0.25) is 0 Å². The fraction of sp³-hybridized carbons (Fsp3) is 0.278. The Morgan fingerprint density at radius 2 is 1.00 bits per heavy atom. The molecule has 0 aromatic heterocycles. The number of carbonyl (C=O) groups excluding carboxylic acids is 2. The summed E-state index contributed by atoms with van der Waals surface area (Å²) in [6.07, 6.45) is 0.351. The number of hydrogen-bond acceptors (Lipinski definition) is 10. The van der Waals surface area contributed by atoms with Crippen LogP contribution in [0.5, 0.6) is 23.0 Å². The molecule has 46 heavy (non-hydrogen) atoms. The lowest BCUT2D eigenvalue weighted by Gasteiger charge is -2.11. The van der Waals surface area contributed by atoms with Crippen molar-refractivity contribution >= 4 is 11.9 Å². The summed E-state index contributed by atoms with van der Waals surface area (Å²) in [5.41, 5.74) is 4.93. The summed E-state index contributed by atoms with van der Waals surface area (Å²) in [6.45, 7) is 4.76. The topological polar surface area (TPSA) is 115 Å². The highest BCUT2D eigenvalue weighted by molar-refractivity contribution is 5.92. The molecule has 0 amide bonds. The Labute approximate surface area is 265 Å². The SMILES string of the molecule is CC1c2cc(OC(=O)c3ccc(OCOCC4CO4)cc3)ccc2-c2ccc(OC(=O)c3ccc(OCOCC4CO4)cc3)cc21. The lowest BCUT2D eigenvalue weighted by molar-refractivity contribution is 0.00808. The average molecular weight is 625 g/mol. The van der Waals surface area contributed by atoms with Crippen LogP contribution in [0.15, 0.2) is 84.9 Å². The third kappa shape index (κ3) is 7.21. The summed E-state index contributed by atoms with van der Waals surface area (Å²) in [7, 11) is 0. The van der Waals surface area contributed by atoms with Gasteiger partial charge in [0.15, 0.2) is 13.6 Å². The van der Waals surface area contributed by atoms with E-state index in [4.69, 9.17) is 37.9 Å². The van der Waals surface area contributed by atoms with Crippen molar-refractivity contribution in [3.8, 4) is 34.1 Å². The highest BCUT2D eigenvalue weighted by atomic mass is 16.7. The van der Waals surface area contributed by atoms with Gasteiger partial charge in [-0.15, -0.1) is 0 Å². The first kappa shape index (κ1) is 29.9. The van der Waals surface area contributed by atoms with Crippen LogP contribution >= 0.6 is 0 Å². The minimum atomic E-state index is -0.470. The van der Waals surface area contributed by atoms with Gasteiger partial charge in [-0.1, -0.05) is 19.1 Å². The number of ether oxygens (including phenoxy) is 8. The van der Waals surface area contributed by atoms with Gasteiger partial charge in [0, 0.05) is 5.92 Å². The van der Waals surface area contributed by atoms with E-state index in [1.807, 2.05) is 24.3 Å². The molecule has 0 saturated carbocycles. The molecule has 2 unspecified atom stereocenters. The molecule has 0 spiro atoms. The second-order valence-corrected chi connectivity index (χ2v) is 11.2. The van der Waals surface area contributed by atoms with Gasteiger partial charge in [-0.2, -0.15) is 0 Å². The maximum atomic E-state index is 12.9. The summed E-state index contributed by atoms with van der Waals surface area (Å²) in [4.78, 5) is 25.7. The Morgan fingerprint density at radius 3 is 1.39 bits per heavy atom. The molecule has 4 aromatic rings. The first-order chi connectivity index (χ1) is 22.5. The molecule has 1 aliphatic carbocycles. The first-order valence-electron chi connectivity index (χ1n) is 15.1. The van der Waals surface area contributed by atoms with Crippen LogP contribution in [0, 0.1) is 0 Å². The molecule has 0 bridgehead atoms. The highest BCUT2D eigenvalue weighted by Gasteiger charge is 2.27. The molecule has 4 aromatic carbocycles. The number of esters is 2. The third-order valence-corrected chi connectivity index (χ3v) is 7.90. The average Bonchev–Trinajstić information content (AvgIpc) is 4.02. The largest absolute Gasteiger partial charge is 0.468 e. The number of fused-ring (bicyclic) bond motifs is 3. The van der Waals surface area contributed by atoms with Gasteiger partial charge in [-0.3, -0.25) is 0 Å². The number of epoxide rings is 2. The van der Waals surface area contributed by atoms with E-state index in [1.54, 1.807) is 60.7 Å². The second-order valence-electron chi connectivity index (χ2n) is 11.2. The van der Waals surface area contributed by atoms with E-state index in [0.29, 0.717) is 47.3 Å². The van der Waals surface area contributed by atoms with Crippen LogP contribution in [0.4, 0.5) is 0 Å². The molecule has 236 valence electrons. The monoisotopic (exact) mass is 624 g/mol. The van der Waals surface area contributed by atoms with Crippen molar-refractivity contribution in [3.63, 3.8) is 0 Å². The summed E-state index contributed by atoms with van der Waals surface area (Å²) >= 11 is 0. The van der Waals surface area contributed by atoms with Crippen molar-refractivity contribution in [1.29, 1.82) is 0 Å². The number of hydrogen-bond donors (Lipinski definition) is 0. The smallest absolute Gasteiger partial charge is 0.343 e. The molecule has 10 nitrogen and oxygen atoms in total. The molecule has 0 radical (unpaired) electrons. The van der Waals surface area contributed by atoms with E-state index >= 15 is 0 Å². The maximum absolute atomic E-state index is 12.9. The third-order valence-electron chi connectivity index (χ3n) is 7.90. The van der Waals surface area contributed by atoms with Gasteiger partial charge < -0.3 is 37.9 Å². The summed E-state index contributed by atoms with van der Waals surface area (Å²) in [6, 6.07) is 24.7. The molecule has 2 heterocycles. The lowest BCUT2D eigenvalue weighted by Crippen LogP contribution is -2.10. The van der Waals surface area contributed by atoms with E-state index in [2.05, 4.69) is 6.92 Å². The molecule has 7 rings (SSSR count). The van der Waals surface area contributed by atoms with Crippen LogP contribution in [-0.4, -0.2) is 64.2 Å². The highest BCUT2D eigenvalue weighted by Crippen LogP contribution is 2.47. The molecule has 2 atom stereocenters. The molecule has 2 saturated heterocycles. The second kappa shape index (κ2) is 13.3. The zero-order valence-corrected chi connectivity index (χ0v) is 25.1. The molecule has 3 aliphatic rings. The zero-order valence-electron chi connectivity index (χ0n) is 25.1. The van der Waals surface area contributed by atoms with Crippen LogP contribution in [0.3, 0.4) is 0 Å². The normalized spacial score (nSPS) is 18.7. The first-order valence-corrected chi connectivity index (χ1v) is 15.1.